The molecule has 2 N–H and O–H groups in total. The van der Waals surface area contributed by atoms with Crippen molar-refractivity contribution >= 4 is 11.7 Å². The van der Waals surface area contributed by atoms with E-state index in [0.717, 1.165) is 11.3 Å². The number of benzene rings is 1. The van der Waals surface area contributed by atoms with Crippen molar-refractivity contribution in [3.8, 4) is 0 Å². The van der Waals surface area contributed by atoms with Crippen LogP contribution in [0.3, 0.4) is 0 Å². The molecule has 20 heavy (non-hydrogen) atoms. The lowest BCUT2D eigenvalue weighted by Gasteiger charge is -2.07. The summed E-state index contributed by atoms with van der Waals surface area (Å²) in [6.07, 6.45) is 0.0524. The first-order valence-corrected chi connectivity index (χ1v) is 7.31. The van der Waals surface area contributed by atoms with Crippen molar-refractivity contribution in [3.63, 3.8) is 0 Å². The number of nitrogens with one attached hydrogen (secondary N) is 1. The first-order valence-electron chi connectivity index (χ1n) is 7.31. The van der Waals surface area contributed by atoms with Crippen LogP contribution in [0.5, 0.6) is 0 Å². The Labute approximate surface area is 123 Å². The molecule has 0 fully saturated rings. The number of rotatable bonds is 4. The van der Waals surface area contributed by atoms with Crippen molar-refractivity contribution < 1.29 is 14.3 Å². The Morgan fingerprint density at radius 3 is 2.05 bits per heavy atom. The highest BCUT2D eigenvalue weighted by Crippen LogP contribution is 2.15. The van der Waals surface area contributed by atoms with E-state index in [1.54, 1.807) is 13.0 Å². The molecule has 1 aromatic carbocycles. The summed E-state index contributed by atoms with van der Waals surface area (Å²) in [5.41, 5.74) is 1.54. The minimum Gasteiger partial charge on any atom is -0.481 e. The summed E-state index contributed by atoms with van der Waals surface area (Å²) in [6, 6.07) is 4.35. The smallest absolute Gasteiger partial charge is 0.305 e. The number of anilines is 1. The fourth-order valence-electron chi connectivity index (χ4n) is 1.13. The van der Waals surface area contributed by atoms with Crippen LogP contribution in [0.25, 0.3) is 0 Å². The summed E-state index contributed by atoms with van der Waals surface area (Å²) in [6.45, 7) is 14.1. The minimum atomic E-state index is -0.850. The molecule has 0 saturated carbocycles. The first kappa shape index (κ1) is 23.5. The van der Waals surface area contributed by atoms with Crippen LogP contribution in [-0.4, -0.2) is 17.6 Å². The molecule has 3 nitrogen and oxygen atoms in total. The van der Waals surface area contributed by atoms with Crippen molar-refractivity contribution in [1.82, 2.24) is 0 Å². The topological polar surface area (TPSA) is 49.3 Å². The van der Waals surface area contributed by atoms with Gasteiger partial charge in [-0.2, -0.15) is 0 Å². The van der Waals surface area contributed by atoms with Crippen LogP contribution in [0.4, 0.5) is 10.1 Å². The lowest BCUT2D eigenvalue weighted by atomic mass is 10.2. The van der Waals surface area contributed by atoms with Gasteiger partial charge in [0.2, 0.25) is 0 Å². The van der Waals surface area contributed by atoms with Gasteiger partial charge in [-0.15, -0.1) is 0 Å². The van der Waals surface area contributed by atoms with Crippen LogP contribution in [-0.2, 0) is 4.79 Å². The molecular formula is C16H30FNO2. The summed E-state index contributed by atoms with van der Waals surface area (Å²) < 4.78 is 12.7. The molecule has 0 saturated heterocycles. The van der Waals surface area contributed by atoms with Gasteiger partial charge < -0.3 is 10.4 Å². The van der Waals surface area contributed by atoms with Gasteiger partial charge in [0.15, 0.2) is 0 Å². The van der Waals surface area contributed by atoms with Gasteiger partial charge in [-0.05, 0) is 30.7 Å². The number of hydrogen-bond donors (Lipinski definition) is 2. The van der Waals surface area contributed by atoms with Gasteiger partial charge in [-0.25, -0.2) is 4.39 Å². The average Bonchev–Trinajstić information content (AvgIpc) is 2.47. The van der Waals surface area contributed by atoms with Gasteiger partial charge in [0.05, 0.1) is 6.42 Å². The van der Waals surface area contributed by atoms with Crippen molar-refractivity contribution in [2.45, 2.75) is 54.9 Å². The van der Waals surface area contributed by atoms with Crippen LogP contribution in [0.1, 0.15) is 53.5 Å². The van der Waals surface area contributed by atoms with Crippen LogP contribution in [0.15, 0.2) is 18.2 Å². The number of carbonyl (C=O) groups is 1. The van der Waals surface area contributed by atoms with Gasteiger partial charge in [0.25, 0.3) is 0 Å². The SMILES string of the molecule is CC.CC.CC.Cc1cc(F)ccc1NCCC(=O)O. The molecular weight excluding hydrogens is 257 g/mol. The minimum absolute atomic E-state index is 0.0524. The molecule has 0 amide bonds. The summed E-state index contributed by atoms with van der Waals surface area (Å²) in [5.74, 6) is -1.14. The molecule has 0 aliphatic carbocycles. The highest BCUT2D eigenvalue weighted by atomic mass is 19.1. The van der Waals surface area contributed by atoms with Crippen molar-refractivity contribution in [1.29, 1.82) is 0 Å². The molecule has 0 aliphatic rings. The average molecular weight is 287 g/mol. The third-order valence-corrected chi connectivity index (χ3v) is 1.84. The molecule has 0 unspecified atom stereocenters. The maximum atomic E-state index is 12.7. The van der Waals surface area contributed by atoms with E-state index in [1.165, 1.54) is 12.1 Å². The fourth-order valence-corrected chi connectivity index (χ4v) is 1.13. The Balaban J connectivity index is -0.000000425. The summed E-state index contributed by atoms with van der Waals surface area (Å²) in [7, 11) is 0. The Kier molecular flexibility index (Phi) is 20.5. The molecule has 0 radical (unpaired) electrons. The van der Waals surface area contributed by atoms with E-state index in [4.69, 9.17) is 5.11 Å². The molecule has 1 aromatic rings. The third kappa shape index (κ3) is 12.9. The van der Waals surface area contributed by atoms with E-state index in [1.807, 2.05) is 41.5 Å². The van der Waals surface area contributed by atoms with Crippen LogP contribution >= 0.6 is 0 Å². The molecule has 0 spiro atoms. The number of aryl methyl sites for hydroxylation is 1. The van der Waals surface area contributed by atoms with E-state index in [0.29, 0.717) is 6.54 Å². The second kappa shape index (κ2) is 17.4. The predicted molar refractivity (Wildman–Crippen MR) is 85.9 cm³/mol. The quantitative estimate of drug-likeness (QED) is 0.810. The van der Waals surface area contributed by atoms with Gasteiger partial charge in [-0.3, -0.25) is 4.79 Å². The molecule has 0 bridgehead atoms. The second-order valence-electron chi connectivity index (χ2n) is 3.03. The monoisotopic (exact) mass is 287 g/mol. The number of hydrogen-bond acceptors (Lipinski definition) is 2. The number of carboxylic acid groups (broad SMARTS) is 1. The largest absolute Gasteiger partial charge is 0.481 e. The Morgan fingerprint density at radius 2 is 1.65 bits per heavy atom. The molecule has 1 rings (SSSR count). The highest BCUT2D eigenvalue weighted by Gasteiger charge is 2.00. The Hall–Kier alpha value is -1.58. The maximum absolute atomic E-state index is 12.7. The molecule has 0 atom stereocenters. The summed E-state index contributed by atoms with van der Waals surface area (Å²) in [5, 5.41) is 11.3. The van der Waals surface area contributed by atoms with E-state index >= 15 is 0 Å². The van der Waals surface area contributed by atoms with Crippen LogP contribution in [0, 0.1) is 12.7 Å². The number of aliphatic carboxylic acids is 1. The van der Waals surface area contributed by atoms with Crippen LogP contribution < -0.4 is 5.32 Å². The highest BCUT2D eigenvalue weighted by molar-refractivity contribution is 5.67. The van der Waals surface area contributed by atoms with E-state index in [9.17, 15) is 9.18 Å². The normalized spacial score (nSPS) is 7.80. The third-order valence-electron chi connectivity index (χ3n) is 1.84. The van der Waals surface area contributed by atoms with Gasteiger partial charge >= 0.3 is 5.97 Å². The predicted octanol–water partition coefficient (Wildman–Crippen LogP) is 5.10. The lowest BCUT2D eigenvalue weighted by molar-refractivity contribution is -0.136. The fraction of sp³-hybridized carbons (Fsp3) is 0.562. The zero-order valence-corrected chi connectivity index (χ0v) is 13.9. The van der Waals surface area contributed by atoms with E-state index < -0.39 is 5.97 Å². The lowest BCUT2D eigenvalue weighted by Crippen LogP contribution is -2.08. The zero-order valence-electron chi connectivity index (χ0n) is 13.9. The summed E-state index contributed by atoms with van der Waals surface area (Å²) >= 11 is 0. The summed E-state index contributed by atoms with van der Waals surface area (Å²) in [4.78, 5) is 10.2. The number of carboxylic acids is 1. The Bertz CT molecular complexity index is 341. The maximum Gasteiger partial charge on any atom is 0.305 e. The zero-order chi connectivity index (χ0) is 16.6. The van der Waals surface area contributed by atoms with Crippen molar-refractivity contribution in [3.05, 3.63) is 29.6 Å². The van der Waals surface area contributed by atoms with E-state index in [-0.39, 0.29) is 12.2 Å². The van der Waals surface area contributed by atoms with Gasteiger partial charge in [-0.1, -0.05) is 41.5 Å². The van der Waals surface area contributed by atoms with Crippen LogP contribution in [0.2, 0.25) is 0 Å². The molecule has 4 heteroatoms. The van der Waals surface area contributed by atoms with E-state index in [2.05, 4.69) is 5.32 Å². The van der Waals surface area contributed by atoms with Gasteiger partial charge in [0.1, 0.15) is 5.82 Å². The standard InChI is InChI=1S/C10H12FNO2.3C2H6/c1-7-6-8(11)2-3-9(7)12-5-4-10(13)14;3*1-2/h2-3,6,12H,4-5H2,1H3,(H,13,14);3*1-2H3. The molecule has 0 aromatic heterocycles. The van der Waals surface area contributed by atoms with Gasteiger partial charge in [0, 0.05) is 12.2 Å². The molecule has 118 valence electrons. The Morgan fingerprint density at radius 1 is 1.15 bits per heavy atom. The van der Waals surface area contributed by atoms with Crippen molar-refractivity contribution in [2.75, 3.05) is 11.9 Å². The number of halogens is 1. The molecule has 0 heterocycles. The second-order valence-corrected chi connectivity index (χ2v) is 3.03. The molecule has 0 aliphatic heterocycles. The van der Waals surface area contributed by atoms with Crippen molar-refractivity contribution in [2.24, 2.45) is 0 Å². The first-order chi connectivity index (χ1) is 9.59.